The molecule has 1 atom stereocenters. The van der Waals surface area contributed by atoms with E-state index in [1.54, 1.807) is 30.5 Å². The van der Waals surface area contributed by atoms with E-state index in [4.69, 9.17) is 15.6 Å². The monoisotopic (exact) mass is 408 g/mol. The molecule has 1 aromatic heterocycles. The van der Waals surface area contributed by atoms with Gasteiger partial charge in [0.25, 0.3) is 5.91 Å². The third-order valence-corrected chi connectivity index (χ3v) is 4.67. The average Bonchev–Trinajstić information content (AvgIpc) is 2.81. The molecule has 2 heterocycles. The van der Waals surface area contributed by atoms with Crippen LogP contribution in [0.15, 0.2) is 42.6 Å². The van der Waals surface area contributed by atoms with Gasteiger partial charge in [-0.25, -0.2) is 4.98 Å². The molecule has 156 valence electrons. The maximum atomic E-state index is 12.2. The Hall–Kier alpha value is -3.25. The average molecular weight is 408 g/mol. The molecule has 1 saturated heterocycles. The first-order chi connectivity index (χ1) is 14.6. The van der Waals surface area contributed by atoms with E-state index in [1.807, 2.05) is 12.1 Å². The van der Waals surface area contributed by atoms with E-state index in [2.05, 4.69) is 27.0 Å². The van der Waals surface area contributed by atoms with E-state index in [-0.39, 0.29) is 6.54 Å². The lowest BCUT2D eigenvalue weighted by Gasteiger charge is -2.27. The number of anilines is 1. The fraction of sp³-hybridized carbons (Fsp3) is 0.318. The molecule has 1 aliphatic rings. The van der Waals surface area contributed by atoms with Crippen molar-refractivity contribution >= 4 is 17.5 Å². The predicted octanol–water partition coefficient (Wildman–Crippen LogP) is -0.0635. The summed E-state index contributed by atoms with van der Waals surface area (Å²) in [7, 11) is 0. The largest absolute Gasteiger partial charge is 0.388 e. The Morgan fingerprint density at radius 3 is 2.40 bits per heavy atom. The van der Waals surface area contributed by atoms with Gasteiger partial charge in [-0.05, 0) is 36.4 Å². The number of rotatable bonds is 6. The molecule has 8 nitrogen and oxygen atoms in total. The number of amides is 1. The molecular formula is C22H24N4O4. The summed E-state index contributed by atoms with van der Waals surface area (Å²) < 4.78 is 5.35. The molecule has 2 aromatic rings. The molecule has 0 unspecified atom stereocenters. The molecule has 0 spiro atoms. The van der Waals surface area contributed by atoms with Gasteiger partial charge in [-0.1, -0.05) is 11.8 Å². The van der Waals surface area contributed by atoms with Crippen LogP contribution in [0.2, 0.25) is 0 Å². The molecule has 3 rings (SSSR count). The lowest BCUT2D eigenvalue weighted by atomic mass is 10.1. The van der Waals surface area contributed by atoms with Gasteiger partial charge in [0.05, 0.1) is 13.2 Å². The van der Waals surface area contributed by atoms with Gasteiger partial charge in [0, 0.05) is 42.5 Å². The zero-order valence-corrected chi connectivity index (χ0v) is 16.5. The number of nitrogens with one attached hydrogen (secondary N) is 1. The normalized spacial score (nSPS) is 14.4. The number of nitrogens with two attached hydrogens (primary N) is 1. The predicted molar refractivity (Wildman–Crippen MR) is 112 cm³/mol. The Morgan fingerprint density at radius 1 is 1.13 bits per heavy atom. The number of carbonyl (C=O) groups excluding carboxylic acids is 2. The van der Waals surface area contributed by atoms with Gasteiger partial charge in [0.2, 0.25) is 0 Å². The van der Waals surface area contributed by atoms with Crippen molar-refractivity contribution in [2.45, 2.75) is 6.04 Å². The number of ketones is 1. The summed E-state index contributed by atoms with van der Waals surface area (Å²) in [5.41, 5.74) is 7.38. The van der Waals surface area contributed by atoms with Crippen molar-refractivity contribution in [3.05, 3.63) is 59.3 Å². The summed E-state index contributed by atoms with van der Waals surface area (Å²) in [4.78, 5) is 30.4. The molecule has 4 N–H and O–H groups in total. The highest BCUT2D eigenvalue weighted by molar-refractivity contribution is 5.98. The number of pyridine rings is 1. The minimum Gasteiger partial charge on any atom is -0.388 e. The smallest absolute Gasteiger partial charge is 0.251 e. The van der Waals surface area contributed by atoms with Crippen LogP contribution in [0.4, 0.5) is 5.82 Å². The molecule has 1 fully saturated rings. The molecule has 1 aromatic carbocycles. The number of nitrogens with zero attached hydrogens (tertiary/aromatic N) is 2. The highest BCUT2D eigenvalue weighted by Crippen LogP contribution is 2.13. The SMILES string of the molecule is NC[C@H](NC(=O)c1ccc(C#Cc2ccc(N3CCOCC3)nc2)cc1)C(=O)CO. The van der Waals surface area contributed by atoms with Crippen molar-refractivity contribution in [2.75, 3.05) is 44.4 Å². The van der Waals surface area contributed by atoms with Crippen LogP contribution >= 0.6 is 0 Å². The number of morpholine rings is 1. The summed E-state index contributed by atoms with van der Waals surface area (Å²) >= 11 is 0. The van der Waals surface area contributed by atoms with Gasteiger partial charge in [-0.15, -0.1) is 0 Å². The highest BCUT2D eigenvalue weighted by Gasteiger charge is 2.18. The zero-order valence-electron chi connectivity index (χ0n) is 16.5. The van der Waals surface area contributed by atoms with Gasteiger partial charge in [-0.3, -0.25) is 9.59 Å². The Kier molecular flexibility index (Phi) is 7.51. The Labute approximate surface area is 175 Å². The number of aliphatic hydroxyl groups excluding tert-OH is 1. The number of aromatic nitrogens is 1. The number of hydrogen-bond acceptors (Lipinski definition) is 7. The van der Waals surface area contributed by atoms with Crippen LogP contribution in [0.25, 0.3) is 0 Å². The van der Waals surface area contributed by atoms with Crippen LogP contribution in [0, 0.1) is 11.8 Å². The van der Waals surface area contributed by atoms with Crippen molar-refractivity contribution in [1.29, 1.82) is 0 Å². The van der Waals surface area contributed by atoms with Gasteiger partial charge >= 0.3 is 0 Å². The molecular weight excluding hydrogens is 384 g/mol. The molecule has 0 bridgehead atoms. The Balaban J connectivity index is 1.61. The maximum absolute atomic E-state index is 12.2. The quantitative estimate of drug-likeness (QED) is 0.573. The molecule has 0 radical (unpaired) electrons. The highest BCUT2D eigenvalue weighted by atomic mass is 16.5. The number of aliphatic hydroxyl groups is 1. The van der Waals surface area contributed by atoms with Crippen molar-refractivity contribution in [3.8, 4) is 11.8 Å². The van der Waals surface area contributed by atoms with E-state index in [0.717, 1.165) is 30.0 Å². The number of carbonyl (C=O) groups is 2. The molecule has 1 amide bonds. The third-order valence-electron chi connectivity index (χ3n) is 4.67. The fourth-order valence-electron chi connectivity index (χ4n) is 2.91. The number of benzene rings is 1. The van der Waals surface area contributed by atoms with Crippen LogP contribution in [0.5, 0.6) is 0 Å². The van der Waals surface area contributed by atoms with Crippen molar-refractivity contribution in [2.24, 2.45) is 5.73 Å². The number of Topliss-reactive ketones (excluding diaryl/α,β-unsaturated/α-hetero) is 1. The second-order valence-electron chi connectivity index (χ2n) is 6.72. The van der Waals surface area contributed by atoms with E-state index in [0.29, 0.717) is 18.8 Å². The summed E-state index contributed by atoms with van der Waals surface area (Å²) in [6.45, 7) is 2.34. The summed E-state index contributed by atoms with van der Waals surface area (Å²) in [6.07, 6.45) is 1.74. The van der Waals surface area contributed by atoms with Gasteiger partial charge in [-0.2, -0.15) is 0 Å². The van der Waals surface area contributed by atoms with Gasteiger partial charge in [0.1, 0.15) is 18.5 Å². The number of hydrogen-bond donors (Lipinski definition) is 3. The first kappa shape index (κ1) is 21.5. The second-order valence-corrected chi connectivity index (χ2v) is 6.72. The van der Waals surface area contributed by atoms with Crippen LogP contribution in [0.3, 0.4) is 0 Å². The maximum Gasteiger partial charge on any atom is 0.251 e. The van der Waals surface area contributed by atoms with E-state index in [9.17, 15) is 9.59 Å². The van der Waals surface area contributed by atoms with Gasteiger partial charge < -0.3 is 25.8 Å². The fourth-order valence-corrected chi connectivity index (χ4v) is 2.91. The van der Waals surface area contributed by atoms with Crippen molar-refractivity contribution < 1.29 is 19.4 Å². The summed E-state index contributed by atoms with van der Waals surface area (Å²) in [5.74, 6) is 6.05. The van der Waals surface area contributed by atoms with Crippen LogP contribution in [0.1, 0.15) is 21.5 Å². The standard InChI is InChI=1S/C22H24N4O4/c23-13-19(20(28)15-27)25-22(29)18-6-3-16(4-7-18)1-2-17-5-8-21(24-14-17)26-9-11-30-12-10-26/h3-8,14,19,27H,9-13,15,23H2,(H,25,29)/t19-/m0/s1. The minimum atomic E-state index is -0.907. The topological polar surface area (TPSA) is 118 Å². The minimum absolute atomic E-state index is 0.0763. The van der Waals surface area contributed by atoms with E-state index < -0.39 is 24.3 Å². The van der Waals surface area contributed by atoms with E-state index in [1.165, 1.54) is 0 Å². The van der Waals surface area contributed by atoms with Crippen molar-refractivity contribution in [3.63, 3.8) is 0 Å². The zero-order chi connectivity index (χ0) is 21.3. The van der Waals surface area contributed by atoms with Crippen LogP contribution < -0.4 is 16.0 Å². The molecule has 0 saturated carbocycles. The van der Waals surface area contributed by atoms with Crippen LogP contribution in [-0.4, -0.2) is 67.3 Å². The van der Waals surface area contributed by atoms with Crippen LogP contribution in [-0.2, 0) is 9.53 Å². The Bertz CT molecular complexity index is 926. The lowest BCUT2D eigenvalue weighted by Crippen LogP contribution is -2.46. The third kappa shape index (κ3) is 5.64. The number of ether oxygens (including phenoxy) is 1. The molecule has 1 aliphatic heterocycles. The van der Waals surface area contributed by atoms with Crippen molar-refractivity contribution in [1.82, 2.24) is 10.3 Å². The van der Waals surface area contributed by atoms with E-state index >= 15 is 0 Å². The molecule has 8 heteroatoms. The Morgan fingerprint density at radius 2 is 1.80 bits per heavy atom. The first-order valence-corrected chi connectivity index (χ1v) is 9.66. The first-order valence-electron chi connectivity index (χ1n) is 9.66. The molecule has 0 aliphatic carbocycles. The van der Waals surface area contributed by atoms with Gasteiger partial charge in [0.15, 0.2) is 5.78 Å². The summed E-state index contributed by atoms with van der Waals surface area (Å²) in [5, 5.41) is 11.4. The molecule has 30 heavy (non-hydrogen) atoms. The summed E-state index contributed by atoms with van der Waals surface area (Å²) in [6, 6.07) is 9.66. The second kappa shape index (κ2) is 10.5. The lowest BCUT2D eigenvalue weighted by molar-refractivity contribution is -0.123.